The number of nitro groups is 1. The molecule has 11 heteroatoms. The molecule has 0 atom stereocenters. The Morgan fingerprint density at radius 3 is 2.47 bits per heavy atom. The highest BCUT2D eigenvalue weighted by Crippen LogP contribution is 2.34. The Morgan fingerprint density at radius 1 is 1.09 bits per heavy atom. The third kappa shape index (κ3) is 6.72. The van der Waals surface area contributed by atoms with E-state index in [0.717, 1.165) is 5.56 Å². The zero-order chi connectivity index (χ0) is 24.7. The van der Waals surface area contributed by atoms with Crippen molar-refractivity contribution in [1.29, 1.82) is 0 Å². The van der Waals surface area contributed by atoms with Crippen LogP contribution in [0.5, 0.6) is 5.75 Å². The van der Waals surface area contributed by atoms with Gasteiger partial charge in [0.15, 0.2) is 6.61 Å². The summed E-state index contributed by atoms with van der Waals surface area (Å²) in [7, 11) is 0. The van der Waals surface area contributed by atoms with E-state index in [4.69, 9.17) is 4.74 Å². The lowest BCUT2D eigenvalue weighted by atomic mass is 10.2. The van der Waals surface area contributed by atoms with E-state index in [2.05, 4.69) is 47.7 Å². The highest BCUT2D eigenvalue weighted by molar-refractivity contribution is 9.11. The monoisotopic (exact) mass is 588 g/mol. The second-order valence-corrected chi connectivity index (χ2v) is 8.68. The number of hydrogen-bond donors (Lipinski definition) is 2. The standard InChI is InChI=1S/C23H18Br2N4O5/c1-14-5-2-3-8-20(14)27-21(30)13-34-22-18(24)9-15(10-19(22)25)12-26-28-23(31)16-6-4-7-17(11-16)29(32)33/h2-12H,13H2,1H3,(H,27,30)(H,28,31)/b26-12+. The van der Waals surface area contributed by atoms with Gasteiger partial charge in [0.25, 0.3) is 17.5 Å². The molecule has 0 aliphatic carbocycles. The van der Waals surface area contributed by atoms with Gasteiger partial charge in [0.05, 0.1) is 20.1 Å². The lowest BCUT2D eigenvalue weighted by Gasteiger charge is -2.12. The fourth-order valence-electron chi connectivity index (χ4n) is 2.82. The summed E-state index contributed by atoms with van der Waals surface area (Å²) < 4.78 is 6.79. The predicted molar refractivity (Wildman–Crippen MR) is 135 cm³/mol. The average Bonchev–Trinajstić information content (AvgIpc) is 2.80. The molecular weight excluding hydrogens is 572 g/mol. The van der Waals surface area contributed by atoms with Crippen LogP contribution in [0, 0.1) is 17.0 Å². The number of aryl methyl sites for hydroxylation is 1. The van der Waals surface area contributed by atoms with E-state index in [1.165, 1.54) is 30.5 Å². The Balaban J connectivity index is 1.60. The number of nitrogens with one attached hydrogen (secondary N) is 2. The maximum absolute atomic E-state index is 12.2. The van der Waals surface area contributed by atoms with Crippen LogP contribution in [0.15, 0.2) is 74.7 Å². The fraction of sp³-hybridized carbons (Fsp3) is 0.0870. The van der Waals surface area contributed by atoms with E-state index in [0.29, 0.717) is 25.9 Å². The Kier molecular flexibility index (Phi) is 8.50. The summed E-state index contributed by atoms with van der Waals surface area (Å²) in [6.07, 6.45) is 1.40. The SMILES string of the molecule is Cc1ccccc1NC(=O)COc1c(Br)cc(/C=N/NC(=O)c2cccc([N+](=O)[O-])c2)cc1Br. The van der Waals surface area contributed by atoms with Gasteiger partial charge in [-0.1, -0.05) is 24.3 Å². The number of non-ortho nitro benzene ring substituents is 1. The summed E-state index contributed by atoms with van der Waals surface area (Å²) in [6.45, 7) is 1.70. The zero-order valence-electron chi connectivity index (χ0n) is 17.7. The van der Waals surface area contributed by atoms with Gasteiger partial charge in [-0.15, -0.1) is 0 Å². The van der Waals surface area contributed by atoms with Crippen LogP contribution in [0.25, 0.3) is 0 Å². The number of carbonyl (C=O) groups is 2. The minimum Gasteiger partial charge on any atom is -0.481 e. The molecule has 0 saturated carbocycles. The predicted octanol–water partition coefficient (Wildman–Crippen LogP) is 5.21. The van der Waals surface area contributed by atoms with E-state index >= 15 is 0 Å². The first-order valence-electron chi connectivity index (χ1n) is 9.80. The van der Waals surface area contributed by atoms with E-state index in [1.807, 2.05) is 31.2 Å². The van der Waals surface area contributed by atoms with Crippen molar-refractivity contribution in [2.75, 3.05) is 11.9 Å². The van der Waals surface area contributed by atoms with Gasteiger partial charge in [0.2, 0.25) is 0 Å². The van der Waals surface area contributed by atoms with Crippen molar-refractivity contribution < 1.29 is 19.2 Å². The highest BCUT2D eigenvalue weighted by atomic mass is 79.9. The third-order valence-electron chi connectivity index (χ3n) is 4.49. The normalized spacial score (nSPS) is 10.7. The first-order valence-corrected chi connectivity index (χ1v) is 11.4. The molecule has 0 unspecified atom stereocenters. The Bertz CT molecular complexity index is 1260. The maximum Gasteiger partial charge on any atom is 0.271 e. The molecule has 0 radical (unpaired) electrons. The molecule has 2 amide bonds. The Morgan fingerprint density at radius 2 is 1.79 bits per heavy atom. The zero-order valence-corrected chi connectivity index (χ0v) is 20.9. The first-order chi connectivity index (χ1) is 16.2. The second-order valence-electron chi connectivity index (χ2n) is 6.97. The van der Waals surface area contributed by atoms with E-state index in [9.17, 15) is 19.7 Å². The minimum atomic E-state index is -0.585. The van der Waals surface area contributed by atoms with Gasteiger partial charge in [0, 0.05) is 23.4 Å². The number of rotatable bonds is 8. The lowest BCUT2D eigenvalue weighted by Crippen LogP contribution is -2.21. The number of nitrogens with zero attached hydrogens (tertiary/aromatic N) is 2. The van der Waals surface area contributed by atoms with Gasteiger partial charge >= 0.3 is 0 Å². The summed E-state index contributed by atoms with van der Waals surface area (Å²) in [5.41, 5.74) is 4.53. The molecule has 0 aromatic heterocycles. The first kappa shape index (κ1) is 25.1. The van der Waals surface area contributed by atoms with Crippen molar-refractivity contribution in [1.82, 2.24) is 5.43 Å². The van der Waals surface area contributed by atoms with Crippen LogP contribution in [0.2, 0.25) is 0 Å². The van der Waals surface area contributed by atoms with Gasteiger partial charge in [-0.3, -0.25) is 19.7 Å². The number of amides is 2. The summed E-state index contributed by atoms with van der Waals surface area (Å²) in [5, 5.41) is 17.5. The molecule has 0 fully saturated rings. The van der Waals surface area contributed by atoms with E-state index < -0.39 is 10.8 Å². The van der Waals surface area contributed by atoms with Crippen LogP contribution < -0.4 is 15.5 Å². The largest absolute Gasteiger partial charge is 0.481 e. The van der Waals surface area contributed by atoms with Crippen molar-refractivity contribution in [3.05, 3.63) is 96.4 Å². The number of hydrazone groups is 1. The molecule has 2 N–H and O–H groups in total. The van der Waals surface area contributed by atoms with Gasteiger partial charge < -0.3 is 10.1 Å². The van der Waals surface area contributed by atoms with Crippen LogP contribution in [0.1, 0.15) is 21.5 Å². The molecule has 0 saturated heterocycles. The van der Waals surface area contributed by atoms with Crippen molar-refractivity contribution in [3.63, 3.8) is 0 Å². The third-order valence-corrected chi connectivity index (χ3v) is 5.66. The molecule has 3 aromatic carbocycles. The van der Waals surface area contributed by atoms with Gasteiger partial charge in [0.1, 0.15) is 5.75 Å². The number of anilines is 1. The van der Waals surface area contributed by atoms with Gasteiger partial charge in [-0.2, -0.15) is 5.10 Å². The molecule has 0 aliphatic heterocycles. The topological polar surface area (TPSA) is 123 Å². The molecule has 0 spiro atoms. The van der Waals surface area contributed by atoms with Crippen molar-refractivity contribution >= 4 is 61.3 Å². The summed E-state index contributed by atoms with van der Waals surface area (Å²) in [6, 6.07) is 16.2. The van der Waals surface area contributed by atoms with Crippen LogP contribution in [-0.2, 0) is 4.79 Å². The number of benzene rings is 3. The highest BCUT2D eigenvalue weighted by Gasteiger charge is 2.13. The molecule has 0 heterocycles. The summed E-state index contributed by atoms with van der Waals surface area (Å²) in [4.78, 5) is 34.7. The number of ether oxygens (including phenoxy) is 1. The van der Waals surface area contributed by atoms with Crippen LogP contribution in [0.3, 0.4) is 0 Å². The van der Waals surface area contributed by atoms with E-state index in [1.54, 1.807) is 12.1 Å². The van der Waals surface area contributed by atoms with E-state index in [-0.39, 0.29) is 23.8 Å². The van der Waals surface area contributed by atoms with Crippen LogP contribution >= 0.6 is 31.9 Å². The second kappa shape index (κ2) is 11.5. The van der Waals surface area contributed by atoms with Crippen molar-refractivity contribution in [2.24, 2.45) is 5.10 Å². The number of para-hydroxylation sites is 1. The van der Waals surface area contributed by atoms with Gasteiger partial charge in [-0.05, 0) is 74.2 Å². The Hall–Kier alpha value is -3.57. The Labute approximate surface area is 211 Å². The van der Waals surface area contributed by atoms with Gasteiger partial charge in [-0.25, -0.2) is 5.43 Å². The lowest BCUT2D eigenvalue weighted by molar-refractivity contribution is -0.384. The molecule has 3 rings (SSSR count). The smallest absolute Gasteiger partial charge is 0.271 e. The fourth-order valence-corrected chi connectivity index (χ4v) is 4.27. The quantitative estimate of drug-likeness (QED) is 0.212. The average molecular weight is 590 g/mol. The minimum absolute atomic E-state index is 0.112. The molecule has 9 nitrogen and oxygen atoms in total. The molecule has 34 heavy (non-hydrogen) atoms. The number of hydrogen-bond acceptors (Lipinski definition) is 6. The maximum atomic E-state index is 12.2. The molecular formula is C23H18Br2N4O5. The van der Waals surface area contributed by atoms with Crippen molar-refractivity contribution in [2.45, 2.75) is 6.92 Å². The van der Waals surface area contributed by atoms with Crippen LogP contribution in [0.4, 0.5) is 11.4 Å². The number of carbonyl (C=O) groups excluding carboxylic acids is 2. The van der Waals surface area contributed by atoms with Crippen LogP contribution in [-0.4, -0.2) is 29.6 Å². The molecule has 174 valence electrons. The van der Waals surface area contributed by atoms with Crippen molar-refractivity contribution in [3.8, 4) is 5.75 Å². The number of nitro benzene ring substituents is 1. The summed E-state index contributed by atoms with van der Waals surface area (Å²) >= 11 is 6.81. The summed E-state index contributed by atoms with van der Waals surface area (Å²) in [5.74, 6) is -0.460. The molecule has 0 aliphatic rings. The number of halogens is 2. The molecule has 0 bridgehead atoms. The molecule has 3 aromatic rings.